The molecule has 0 amide bonds. The Morgan fingerprint density at radius 3 is 2.80 bits per heavy atom. The number of rotatable bonds is 5. The molecule has 0 atom stereocenters. The van der Waals surface area contributed by atoms with E-state index in [0.717, 1.165) is 6.54 Å². The van der Waals surface area contributed by atoms with Crippen LogP contribution in [0.25, 0.3) is 0 Å². The van der Waals surface area contributed by atoms with Gasteiger partial charge in [0.1, 0.15) is 5.82 Å². The maximum Gasteiger partial charge on any atom is 0.337 e. The van der Waals surface area contributed by atoms with Crippen LogP contribution in [0, 0.1) is 0 Å². The number of aromatic nitrogens is 1. The third-order valence-corrected chi connectivity index (χ3v) is 5.37. The number of pyridine rings is 1. The highest BCUT2D eigenvalue weighted by molar-refractivity contribution is 8.00. The van der Waals surface area contributed by atoms with Crippen LogP contribution in [-0.2, 0) is 0 Å². The fourth-order valence-electron chi connectivity index (χ4n) is 2.65. The molecule has 1 aromatic rings. The Balaban J connectivity index is 2.06. The molecule has 20 heavy (non-hydrogen) atoms. The van der Waals surface area contributed by atoms with E-state index in [0.29, 0.717) is 5.82 Å². The molecule has 5 nitrogen and oxygen atoms in total. The smallest absolute Gasteiger partial charge is 0.337 e. The van der Waals surface area contributed by atoms with E-state index >= 15 is 0 Å². The van der Waals surface area contributed by atoms with Crippen LogP contribution in [0.3, 0.4) is 0 Å². The minimum atomic E-state index is -1.02. The molecule has 1 heterocycles. The Labute approximate surface area is 123 Å². The van der Waals surface area contributed by atoms with Crippen LogP contribution in [0.5, 0.6) is 0 Å². The summed E-state index contributed by atoms with van der Waals surface area (Å²) in [5.74, 6) is -0.444. The minimum absolute atomic E-state index is 0.101. The molecule has 1 aromatic heterocycles. The summed E-state index contributed by atoms with van der Waals surface area (Å²) in [6, 6.07) is 1.51. The number of hydrogen-bond donors (Lipinski definition) is 3. The van der Waals surface area contributed by atoms with Gasteiger partial charge in [-0.1, -0.05) is 19.3 Å². The molecular weight excluding hydrogens is 274 g/mol. The van der Waals surface area contributed by atoms with Gasteiger partial charge in [0.2, 0.25) is 0 Å². The lowest BCUT2D eigenvalue weighted by Gasteiger charge is -2.36. The predicted molar refractivity (Wildman–Crippen MR) is 83.4 cm³/mol. The average Bonchev–Trinajstić information content (AvgIpc) is 2.47. The van der Waals surface area contributed by atoms with Gasteiger partial charge in [0.05, 0.1) is 17.4 Å². The first-order chi connectivity index (χ1) is 9.56. The molecule has 1 fully saturated rings. The Hall–Kier alpha value is -1.43. The second-order valence-electron chi connectivity index (χ2n) is 5.26. The average molecular weight is 295 g/mol. The Kier molecular flexibility index (Phi) is 4.75. The number of nitrogens with two attached hydrogens (primary N) is 1. The maximum atomic E-state index is 11.1. The largest absolute Gasteiger partial charge is 0.478 e. The quantitative estimate of drug-likeness (QED) is 0.774. The van der Waals surface area contributed by atoms with E-state index in [4.69, 9.17) is 10.8 Å². The van der Waals surface area contributed by atoms with Crippen molar-refractivity contribution in [2.75, 3.05) is 23.9 Å². The second-order valence-corrected chi connectivity index (χ2v) is 6.54. The first kappa shape index (κ1) is 15.0. The Morgan fingerprint density at radius 1 is 1.50 bits per heavy atom. The van der Waals surface area contributed by atoms with E-state index in [1.165, 1.54) is 44.4 Å². The molecule has 0 bridgehead atoms. The molecule has 0 saturated heterocycles. The second kappa shape index (κ2) is 6.35. The molecule has 0 radical (unpaired) electrons. The number of carboxylic acid groups (broad SMARTS) is 1. The summed E-state index contributed by atoms with van der Waals surface area (Å²) >= 11 is 1.89. The number of nitrogens with zero attached hydrogens (tertiary/aromatic N) is 1. The van der Waals surface area contributed by atoms with E-state index in [1.807, 2.05) is 11.8 Å². The third kappa shape index (κ3) is 3.36. The van der Waals surface area contributed by atoms with E-state index in [2.05, 4.69) is 16.6 Å². The van der Waals surface area contributed by atoms with Crippen molar-refractivity contribution < 1.29 is 9.90 Å². The highest BCUT2D eigenvalue weighted by Crippen LogP contribution is 2.38. The lowest BCUT2D eigenvalue weighted by molar-refractivity contribution is 0.0698. The van der Waals surface area contributed by atoms with Crippen LogP contribution < -0.4 is 11.1 Å². The number of hydrogen-bond acceptors (Lipinski definition) is 5. The SMILES string of the molecule is CSC1(CNc2cc(C(=O)O)c(N)cn2)CCCCC1. The van der Waals surface area contributed by atoms with Gasteiger partial charge in [-0.25, -0.2) is 9.78 Å². The van der Waals surface area contributed by atoms with Gasteiger partial charge in [-0.15, -0.1) is 0 Å². The Morgan fingerprint density at radius 2 is 2.20 bits per heavy atom. The van der Waals surface area contributed by atoms with Crippen molar-refractivity contribution in [3.8, 4) is 0 Å². The van der Waals surface area contributed by atoms with Gasteiger partial charge in [-0.05, 0) is 25.2 Å². The number of anilines is 2. The van der Waals surface area contributed by atoms with Crippen molar-refractivity contribution in [3.05, 3.63) is 17.8 Å². The van der Waals surface area contributed by atoms with Crippen LogP contribution >= 0.6 is 11.8 Å². The first-order valence-corrected chi connectivity index (χ1v) is 8.07. The molecule has 0 unspecified atom stereocenters. The fraction of sp³-hybridized carbons (Fsp3) is 0.571. The van der Waals surface area contributed by atoms with Gasteiger partial charge in [-0.2, -0.15) is 11.8 Å². The molecule has 110 valence electrons. The first-order valence-electron chi connectivity index (χ1n) is 6.84. The summed E-state index contributed by atoms with van der Waals surface area (Å²) in [4.78, 5) is 15.2. The summed E-state index contributed by atoms with van der Waals surface area (Å²) in [5.41, 5.74) is 5.90. The van der Waals surface area contributed by atoms with Crippen molar-refractivity contribution in [2.45, 2.75) is 36.9 Å². The lowest BCUT2D eigenvalue weighted by Crippen LogP contribution is -2.35. The summed E-state index contributed by atoms with van der Waals surface area (Å²) < 4.78 is 0.241. The number of carbonyl (C=O) groups is 1. The summed E-state index contributed by atoms with van der Waals surface area (Å²) in [6.07, 6.45) is 9.77. The van der Waals surface area contributed by atoms with E-state index in [9.17, 15) is 4.79 Å². The molecule has 1 saturated carbocycles. The summed E-state index contributed by atoms with van der Waals surface area (Å²) in [7, 11) is 0. The molecule has 6 heteroatoms. The van der Waals surface area contributed by atoms with Crippen molar-refractivity contribution in [2.24, 2.45) is 0 Å². The highest BCUT2D eigenvalue weighted by atomic mass is 32.2. The summed E-state index contributed by atoms with van der Waals surface area (Å²) in [6.45, 7) is 0.810. The van der Waals surface area contributed by atoms with Crippen LogP contribution in [0.15, 0.2) is 12.3 Å². The molecule has 2 rings (SSSR count). The van der Waals surface area contributed by atoms with Crippen LogP contribution in [0.1, 0.15) is 42.5 Å². The van der Waals surface area contributed by atoms with E-state index < -0.39 is 5.97 Å². The van der Waals surface area contributed by atoms with Crippen molar-refractivity contribution in [1.29, 1.82) is 0 Å². The maximum absolute atomic E-state index is 11.1. The van der Waals surface area contributed by atoms with Crippen molar-refractivity contribution in [3.63, 3.8) is 0 Å². The molecule has 0 aromatic carbocycles. The van der Waals surface area contributed by atoms with Gasteiger partial charge in [-0.3, -0.25) is 0 Å². The van der Waals surface area contributed by atoms with Gasteiger partial charge < -0.3 is 16.2 Å². The molecule has 0 spiro atoms. The third-order valence-electron chi connectivity index (χ3n) is 3.95. The molecule has 0 aliphatic heterocycles. The number of aromatic carboxylic acids is 1. The zero-order valence-corrected chi connectivity index (χ0v) is 12.5. The fourth-order valence-corrected chi connectivity index (χ4v) is 3.56. The number of carboxylic acids is 1. The molecule has 1 aliphatic rings. The lowest BCUT2D eigenvalue weighted by atomic mass is 9.88. The number of nitrogen functional groups attached to an aromatic ring is 1. The zero-order valence-electron chi connectivity index (χ0n) is 11.7. The van der Waals surface area contributed by atoms with E-state index in [-0.39, 0.29) is 16.0 Å². The van der Waals surface area contributed by atoms with Crippen LogP contribution in [-0.4, -0.2) is 33.6 Å². The zero-order chi connectivity index (χ0) is 14.6. The van der Waals surface area contributed by atoms with Crippen molar-refractivity contribution in [1.82, 2.24) is 4.98 Å². The van der Waals surface area contributed by atoms with Gasteiger partial charge >= 0.3 is 5.97 Å². The van der Waals surface area contributed by atoms with Gasteiger partial charge in [0.15, 0.2) is 0 Å². The van der Waals surface area contributed by atoms with Crippen molar-refractivity contribution >= 4 is 29.2 Å². The Bertz CT molecular complexity index is 487. The van der Waals surface area contributed by atoms with Crippen LogP contribution in [0.2, 0.25) is 0 Å². The number of thioether (sulfide) groups is 1. The monoisotopic (exact) mass is 295 g/mol. The summed E-state index contributed by atoms with van der Waals surface area (Å²) in [5, 5.41) is 12.3. The topological polar surface area (TPSA) is 88.2 Å². The van der Waals surface area contributed by atoms with Gasteiger partial charge in [0.25, 0.3) is 0 Å². The molecule has 4 N–H and O–H groups in total. The van der Waals surface area contributed by atoms with Gasteiger partial charge in [0, 0.05) is 11.3 Å². The number of nitrogens with one attached hydrogen (secondary N) is 1. The van der Waals surface area contributed by atoms with Crippen LogP contribution in [0.4, 0.5) is 11.5 Å². The predicted octanol–water partition coefficient (Wildman–Crippen LogP) is 2.84. The normalized spacial score (nSPS) is 17.6. The molecular formula is C14H21N3O2S. The standard InChI is InChI=1S/C14H21N3O2S/c1-20-14(5-3-2-4-6-14)9-17-12-7-10(13(18)19)11(15)8-16-12/h7-8H,2-6,9,15H2,1H3,(H,16,17)(H,18,19). The highest BCUT2D eigenvalue weighted by Gasteiger charge is 2.30. The minimum Gasteiger partial charge on any atom is -0.478 e. The molecule has 1 aliphatic carbocycles. The van der Waals surface area contributed by atoms with E-state index in [1.54, 1.807) is 0 Å².